The zero-order valence-electron chi connectivity index (χ0n) is 18.3. The smallest absolute Gasteiger partial charge is 0.315 e. The zero-order valence-corrected chi connectivity index (χ0v) is 18.3. The fourth-order valence-corrected chi connectivity index (χ4v) is 4.61. The van der Waals surface area contributed by atoms with Crippen molar-refractivity contribution in [1.82, 2.24) is 19.7 Å². The third-order valence-electron chi connectivity index (χ3n) is 6.59. The number of pyridine rings is 1. The Kier molecular flexibility index (Phi) is 6.41. The second-order valence-corrected chi connectivity index (χ2v) is 8.58. The van der Waals surface area contributed by atoms with Gasteiger partial charge in [0, 0.05) is 30.8 Å². The summed E-state index contributed by atoms with van der Waals surface area (Å²) >= 11 is 0. The van der Waals surface area contributed by atoms with E-state index < -0.39 is 11.8 Å². The topological polar surface area (TPSA) is 115 Å². The third kappa shape index (κ3) is 4.37. The van der Waals surface area contributed by atoms with E-state index in [9.17, 15) is 9.59 Å². The third-order valence-corrected chi connectivity index (χ3v) is 6.59. The van der Waals surface area contributed by atoms with E-state index in [2.05, 4.69) is 29.2 Å². The van der Waals surface area contributed by atoms with Crippen LogP contribution in [0.4, 0.5) is 11.5 Å². The van der Waals surface area contributed by atoms with Gasteiger partial charge >= 0.3 is 11.8 Å². The molecule has 9 heteroatoms. The maximum atomic E-state index is 13.0. The van der Waals surface area contributed by atoms with Crippen molar-refractivity contribution in [3.63, 3.8) is 0 Å². The van der Waals surface area contributed by atoms with Gasteiger partial charge in [-0.15, -0.1) is 0 Å². The van der Waals surface area contributed by atoms with Crippen molar-refractivity contribution in [1.29, 1.82) is 0 Å². The van der Waals surface area contributed by atoms with E-state index in [4.69, 9.17) is 10.5 Å². The lowest BCUT2D eigenvalue weighted by molar-refractivity contribution is -0.146. The van der Waals surface area contributed by atoms with E-state index in [1.165, 1.54) is 6.20 Å². The molecule has 168 valence electrons. The number of nitrogens with two attached hydrogens (primary N) is 1. The monoisotopic (exact) mass is 428 g/mol. The van der Waals surface area contributed by atoms with Gasteiger partial charge in [0.15, 0.2) is 5.82 Å². The van der Waals surface area contributed by atoms with Crippen LogP contribution in [0.1, 0.15) is 65.0 Å². The SMILES string of the molecule is CC[C@H]1CC[C@H](CC)N(C(=O)C(=O)Nc2ncc(N)c3cn(C4CCCCO4)nc23)C1. The predicted octanol–water partition coefficient (Wildman–Crippen LogP) is 3.08. The molecule has 0 spiro atoms. The number of hydrogen-bond acceptors (Lipinski definition) is 6. The van der Waals surface area contributed by atoms with Crippen LogP contribution in [0.5, 0.6) is 0 Å². The molecule has 4 rings (SSSR count). The van der Waals surface area contributed by atoms with Crippen LogP contribution in [0.2, 0.25) is 0 Å². The van der Waals surface area contributed by atoms with Crippen molar-refractivity contribution in [3.8, 4) is 0 Å². The molecule has 2 amide bonds. The first kappa shape index (κ1) is 21.5. The molecule has 2 aliphatic heterocycles. The fourth-order valence-electron chi connectivity index (χ4n) is 4.61. The van der Waals surface area contributed by atoms with E-state index in [1.807, 2.05) is 6.20 Å². The van der Waals surface area contributed by atoms with Crippen molar-refractivity contribution in [2.45, 2.75) is 71.1 Å². The molecule has 2 fully saturated rings. The molecular formula is C22H32N6O3. The summed E-state index contributed by atoms with van der Waals surface area (Å²) in [6, 6.07) is 0.100. The van der Waals surface area contributed by atoms with Crippen molar-refractivity contribution >= 4 is 34.2 Å². The van der Waals surface area contributed by atoms with Crippen molar-refractivity contribution in [2.75, 3.05) is 24.2 Å². The minimum Gasteiger partial charge on any atom is -0.397 e. The lowest BCUT2D eigenvalue weighted by atomic mass is 9.89. The minimum absolute atomic E-state index is 0.100. The number of hydrogen-bond donors (Lipinski definition) is 2. The Bertz CT molecular complexity index is 952. The van der Waals surface area contributed by atoms with Gasteiger partial charge in [-0.25, -0.2) is 9.67 Å². The van der Waals surface area contributed by atoms with Crippen LogP contribution < -0.4 is 11.1 Å². The molecule has 9 nitrogen and oxygen atoms in total. The van der Waals surface area contributed by atoms with Crippen LogP contribution in [0.25, 0.3) is 10.9 Å². The van der Waals surface area contributed by atoms with Gasteiger partial charge in [-0.2, -0.15) is 5.10 Å². The number of fused-ring (bicyclic) bond motifs is 1. The summed E-state index contributed by atoms with van der Waals surface area (Å²) in [6.45, 7) is 5.50. The highest BCUT2D eigenvalue weighted by Crippen LogP contribution is 2.30. The molecule has 0 aliphatic carbocycles. The van der Waals surface area contributed by atoms with Crippen molar-refractivity contribution in [3.05, 3.63) is 12.4 Å². The van der Waals surface area contributed by atoms with E-state index in [0.29, 0.717) is 35.7 Å². The summed E-state index contributed by atoms with van der Waals surface area (Å²) in [4.78, 5) is 31.9. The van der Waals surface area contributed by atoms with Crippen LogP contribution >= 0.6 is 0 Å². The fraction of sp³-hybridized carbons (Fsp3) is 0.636. The summed E-state index contributed by atoms with van der Waals surface area (Å²) in [7, 11) is 0. The van der Waals surface area contributed by atoms with Gasteiger partial charge in [-0.05, 0) is 44.4 Å². The van der Waals surface area contributed by atoms with Gasteiger partial charge in [0.2, 0.25) is 0 Å². The standard InChI is InChI=1S/C22H32N6O3/c1-3-14-8-9-15(4-2)27(12-14)22(30)21(29)25-20-19-16(17(23)11-24-20)13-28(26-19)18-7-5-6-10-31-18/h11,13-15,18H,3-10,12,23H2,1-2H3,(H,24,25,29)/t14-,15-,18?/m0/s1. The average molecular weight is 429 g/mol. The number of aromatic nitrogens is 3. The predicted molar refractivity (Wildman–Crippen MR) is 118 cm³/mol. The Morgan fingerprint density at radius 3 is 2.77 bits per heavy atom. The zero-order chi connectivity index (χ0) is 22.0. The Hall–Kier alpha value is -2.68. The lowest BCUT2D eigenvalue weighted by Gasteiger charge is -2.38. The number of nitrogens with zero attached hydrogens (tertiary/aromatic N) is 4. The number of carbonyl (C=O) groups excluding carboxylic acids is 2. The van der Waals surface area contributed by atoms with E-state index in [0.717, 1.165) is 44.9 Å². The second kappa shape index (κ2) is 9.21. The molecular weight excluding hydrogens is 396 g/mol. The Balaban J connectivity index is 1.55. The molecule has 2 aliphatic rings. The average Bonchev–Trinajstić information content (AvgIpc) is 3.27. The number of amides is 2. The number of carbonyl (C=O) groups is 2. The Morgan fingerprint density at radius 1 is 1.23 bits per heavy atom. The largest absolute Gasteiger partial charge is 0.397 e. The number of rotatable bonds is 4. The van der Waals surface area contributed by atoms with E-state index in [1.54, 1.807) is 9.58 Å². The first-order valence-electron chi connectivity index (χ1n) is 11.4. The van der Waals surface area contributed by atoms with Gasteiger partial charge in [0.1, 0.15) is 11.7 Å². The maximum absolute atomic E-state index is 13.0. The Morgan fingerprint density at radius 2 is 2.06 bits per heavy atom. The van der Waals surface area contributed by atoms with E-state index in [-0.39, 0.29) is 18.1 Å². The van der Waals surface area contributed by atoms with Crippen molar-refractivity contribution in [2.24, 2.45) is 5.92 Å². The number of likely N-dealkylation sites (tertiary alicyclic amines) is 1. The molecule has 3 atom stereocenters. The lowest BCUT2D eigenvalue weighted by Crippen LogP contribution is -2.50. The highest BCUT2D eigenvalue weighted by atomic mass is 16.5. The van der Waals surface area contributed by atoms with Crippen molar-refractivity contribution < 1.29 is 14.3 Å². The van der Waals surface area contributed by atoms with Gasteiger partial charge in [-0.1, -0.05) is 20.3 Å². The summed E-state index contributed by atoms with van der Waals surface area (Å²) in [5.41, 5.74) is 7.03. The van der Waals surface area contributed by atoms with Gasteiger partial charge in [0.05, 0.1) is 11.9 Å². The summed E-state index contributed by atoms with van der Waals surface area (Å²) in [5, 5.41) is 7.96. The number of ether oxygens (including phenoxy) is 1. The van der Waals surface area contributed by atoms with Crippen LogP contribution in [0.3, 0.4) is 0 Å². The number of nitrogen functional groups attached to an aromatic ring is 1. The highest BCUT2D eigenvalue weighted by Gasteiger charge is 2.33. The van der Waals surface area contributed by atoms with Crippen LogP contribution in [-0.4, -0.2) is 50.7 Å². The molecule has 0 aromatic carbocycles. The van der Waals surface area contributed by atoms with Crippen LogP contribution in [-0.2, 0) is 14.3 Å². The normalized spacial score (nSPS) is 24.3. The number of piperidine rings is 1. The molecule has 4 heterocycles. The molecule has 31 heavy (non-hydrogen) atoms. The molecule has 3 N–H and O–H groups in total. The summed E-state index contributed by atoms with van der Waals surface area (Å²) in [5.74, 6) is -0.509. The summed E-state index contributed by atoms with van der Waals surface area (Å²) in [6.07, 6.45) is 10.0. The molecule has 2 aromatic rings. The van der Waals surface area contributed by atoms with Gasteiger partial charge in [-0.3, -0.25) is 9.59 Å². The Labute approximate surface area is 182 Å². The van der Waals surface area contributed by atoms with Crippen LogP contribution in [0, 0.1) is 5.92 Å². The molecule has 2 saturated heterocycles. The van der Waals surface area contributed by atoms with E-state index >= 15 is 0 Å². The first-order chi connectivity index (χ1) is 15.0. The van der Waals surface area contributed by atoms with Gasteiger partial charge < -0.3 is 20.7 Å². The molecule has 0 radical (unpaired) electrons. The van der Waals surface area contributed by atoms with Gasteiger partial charge in [0.25, 0.3) is 0 Å². The quantitative estimate of drug-likeness (QED) is 0.723. The molecule has 0 saturated carbocycles. The van der Waals surface area contributed by atoms with Crippen LogP contribution in [0.15, 0.2) is 12.4 Å². The minimum atomic E-state index is -0.683. The maximum Gasteiger partial charge on any atom is 0.315 e. The summed E-state index contributed by atoms with van der Waals surface area (Å²) < 4.78 is 7.55. The molecule has 0 bridgehead atoms. The molecule has 2 aromatic heterocycles. The highest BCUT2D eigenvalue weighted by molar-refractivity contribution is 6.40. The second-order valence-electron chi connectivity index (χ2n) is 8.58. The number of anilines is 2. The number of nitrogens with one attached hydrogen (secondary N) is 1. The first-order valence-corrected chi connectivity index (χ1v) is 11.4. The molecule has 1 unspecified atom stereocenters.